The molecule has 104 valence electrons. The van der Waals surface area contributed by atoms with Gasteiger partial charge in [-0.15, -0.1) is 0 Å². The van der Waals surface area contributed by atoms with Gasteiger partial charge >= 0.3 is 18.1 Å². The molecule has 0 saturated carbocycles. The van der Waals surface area contributed by atoms with Crippen molar-refractivity contribution in [2.45, 2.75) is 25.1 Å². The van der Waals surface area contributed by atoms with E-state index in [0.717, 1.165) is 5.56 Å². The van der Waals surface area contributed by atoms with Gasteiger partial charge in [0.1, 0.15) is 6.04 Å². The molecule has 0 saturated heterocycles. The number of carboxylic acids is 1. The van der Waals surface area contributed by atoms with Gasteiger partial charge in [0.25, 0.3) is 0 Å². The molecule has 2 N–H and O–H groups in total. The van der Waals surface area contributed by atoms with Gasteiger partial charge in [0.05, 0.1) is 0 Å². The van der Waals surface area contributed by atoms with Crippen LogP contribution >= 0.6 is 0 Å². The summed E-state index contributed by atoms with van der Waals surface area (Å²) in [6, 6.07) is 7.13. The number of carbonyl (C=O) groups is 2. The molecule has 0 radical (unpaired) electrons. The van der Waals surface area contributed by atoms with E-state index < -0.39 is 24.1 Å². The maximum Gasteiger partial charge on any atom is 0.471 e. The number of benzene rings is 1. The summed E-state index contributed by atoms with van der Waals surface area (Å²) in [5.41, 5.74) is 0.787. The fourth-order valence-electron chi connectivity index (χ4n) is 1.45. The Hall–Kier alpha value is -2.05. The van der Waals surface area contributed by atoms with Crippen LogP contribution in [0.1, 0.15) is 12.0 Å². The minimum absolute atomic E-state index is 0.110. The lowest BCUT2D eigenvalue weighted by Crippen LogP contribution is -2.47. The van der Waals surface area contributed by atoms with Crippen molar-refractivity contribution < 1.29 is 27.9 Å². The molecule has 1 aromatic rings. The van der Waals surface area contributed by atoms with Gasteiger partial charge in [0.2, 0.25) is 0 Å². The third kappa shape index (κ3) is 4.99. The lowest BCUT2D eigenvalue weighted by atomic mass is 10.1. The van der Waals surface area contributed by atoms with Gasteiger partial charge in [-0.05, 0) is 18.4 Å². The summed E-state index contributed by atoms with van der Waals surface area (Å²) in [5.74, 6) is -3.73. The first-order chi connectivity index (χ1) is 8.80. The quantitative estimate of drug-likeness (QED) is 0.860. The monoisotopic (exact) mass is 275 g/mol. The minimum Gasteiger partial charge on any atom is -0.480 e. The Morgan fingerprint density at radius 1 is 1.21 bits per heavy atom. The molecule has 0 aromatic heterocycles. The van der Waals surface area contributed by atoms with Crippen LogP contribution in [0.2, 0.25) is 0 Å². The third-order valence-corrected chi connectivity index (χ3v) is 2.43. The van der Waals surface area contributed by atoms with Gasteiger partial charge in [-0.1, -0.05) is 30.3 Å². The Balaban J connectivity index is 2.59. The lowest BCUT2D eigenvalue weighted by Gasteiger charge is -2.15. The summed E-state index contributed by atoms with van der Waals surface area (Å²) >= 11 is 0. The van der Waals surface area contributed by atoms with Gasteiger partial charge < -0.3 is 10.4 Å². The van der Waals surface area contributed by atoms with E-state index >= 15 is 0 Å². The van der Waals surface area contributed by atoms with Crippen LogP contribution in [-0.2, 0) is 16.0 Å². The number of aliphatic carboxylic acids is 1. The maximum absolute atomic E-state index is 12.0. The number of hydrogen-bond acceptors (Lipinski definition) is 2. The Morgan fingerprint density at radius 3 is 2.26 bits per heavy atom. The summed E-state index contributed by atoms with van der Waals surface area (Å²) in [4.78, 5) is 21.5. The molecule has 1 rings (SSSR count). The maximum atomic E-state index is 12.0. The average Bonchev–Trinajstić information content (AvgIpc) is 2.33. The fourth-order valence-corrected chi connectivity index (χ4v) is 1.45. The molecular formula is C12H12F3NO3. The number of aryl methyl sites for hydroxylation is 1. The molecule has 0 bridgehead atoms. The molecule has 1 atom stereocenters. The summed E-state index contributed by atoms with van der Waals surface area (Å²) in [6.45, 7) is 0. The van der Waals surface area contributed by atoms with E-state index in [2.05, 4.69) is 0 Å². The van der Waals surface area contributed by atoms with Crippen LogP contribution in [0.25, 0.3) is 0 Å². The standard InChI is InChI=1S/C12H12F3NO3/c13-12(14,15)11(19)16-9(10(17)18)7-6-8-4-2-1-3-5-8/h1-5,9H,6-7H2,(H,16,19)(H,17,18). The van der Waals surface area contributed by atoms with E-state index in [-0.39, 0.29) is 12.8 Å². The van der Waals surface area contributed by atoms with E-state index in [1.807, 2.05) is 0 Å². The highest BCUT2D eigenvalue weighted by Gasteiger charge is 2.40. The van der Waals surface area contributed by atoms with Crippen molar-refractivity contribution in [3.8, 4) is 0 Å². The molecule has 19 heavy (non-hydrogen) atoms. The summed E-state index contributed by atoms with van der Waals surface area (Å²) in [7, 11) is 0. The predicted octanol–water partition coefficient (Wildman–Crippen LogP) is 1.75. The number of halogens is 3. The number of rotatable bonds is 5. The molecule has 0 heterocycles. The largest absolute Gasteiger partial charge is 0.480 e. The predicted molar refractivity (Wildman–Crippen MR) is 60.4 cm³/mol. The molecule has 7 heteroatoms. The van der Waals surface area contributed by atoms with Crippen LogP contribution in [0.3, 0.4) is 0 Å². The SMILES string of the molecule is O=C(O)C(CCc1ccccc1)NC(=O)C(F)(F)F. The number of carboxylic acid groups (broad SMARTS) is 1. The number of alkyl halides is 3. The Kier molecular flexibility index (Phi) is 4.91. The van der Waals surface area contributed by atoms with Gasteiger partial charge in [0, 0.05) is 0 Å². The molecule has 0 fully saturated rings. The van der Waals surface area contributed by atoms with Crippen molar-refractivity contribution in [1.29, 1.82) is 0 Å². The van der Waals surface area contributed by atoms with Crippen LogP contribution in [-0.4, -0.2) is 29.2 Å². The van der Waals surface area contributed by atoms with Gasteiger partial charge in [-0.3, -0.25) is 4.79 Å². The first-order valence-electron chi connectivity index (χ1n) is 5.45. The Labute approximate surface area is 107 Å². The zero-order chi connectivity index (χ0) is 14.5. The Bertz CT molecular complexity index is 445. The summed E-state index contributed by atoms with van der Waals surface area (Å²) in [6.07, 6.45) is -4.93. The van der Waals surface area contributed by atoms with Crippen LogP contribution in [0.15, 0.2) is 30.3 Å². The summed E-state index contributed by atoms with van der Waals surface area (Å²) in [5, 5.41) is 10.2. The van der Waals surface area contributed by atoms with Crippen molar-refractivity contribution >= 4 is 11.9 Å². The van der Waals surface area contributed by atoms with Crippen molar-refractivity contribution in [3.63, 3.8) is 0 Å². The number of amides is 1. The van der Waals surface area contributed by atoms with Gasteiger partial charge in [-0.2, -0.15) is 13.2 Å². The van der Waals surface area contributed by atoms with Crippen LogP contribution in [0, 0.1) is 0 Å². The van der Waals surface area contributed by atoms with Crippen LogP contribution < -0.4 is 5.32 Å². The topological polar surface area (TPSA) is 66.4 Å². The normalized spacial score (nSPS) is 12.8. The zero-order valence-corrected chi connectivity index (χ0v) is 9.78. The number of hydrogen-bond donors (Lipinski definition) is 2. The molecule has 4 nitrogen and oxygen atoms in total. The molecule has 1 unspecified atom stereocenters. The van der Waals surface area contributed by atoms with Crippen molar-refractivity contribution in [2.24, 2.45) is 0 Å². The summed E-state index contributed by atoms with van der Waals surface area (Å²) < 4.78 is 36.1. The molecule has 0 aliphatic rings. The molecule has 1 amide bonds. The fraction of sp³-hybridized carbons (Fsp3) is 0.333. The molecule has 0 aliphatic heterocycles. The highest BCUT2D eigenvalue weighted by molar-refractivity contribution is 5.86. The first-order valence-corrected chi connectivity index (χ1v) is 5.45. The van der Waals surface area contributed by atoms with Crippen LogP contribution in [0.5, 0.6) is 0 Å². The highest BCUT2D eigenvalue weighted by atomic mass is 19.4. The number of nitrogens with one attached hydrogen (secondary N) is 1. The second-order valence-electron chi connectivity index (χ2n) is 3.89. The Morgan fingerprint density at radius 2 is 1.79 bits per heavy atom. The van der Waals surface area contributed by atoms with E-state index in [4.69, 9.17) is 5.11 Å². The molecular weight excluding hydrogens is 263 g/mol. The van der Waals surface area contributed by atoms with Crippen molar-refractivity contribution in [3.05, 3.63) is 35.9 Å². The van der Waals surface area contributed by atoms with E-state index in [1.165, 1.54) is 5.32 Å². The smallest absolute Gasteiger partial charge is 0.471 e. The number of carbonyl (C=O) groups excluding carboxylic acids is 1. The highest BCUT2D eigenvalue weighted by Crippen LogP contribution is 2.15. The molecule has 0 spiro atoms. The molecule has 0 aliphatic carbocycles. The van der Waals surface area contributed by atoms with E-state index in [1.54, 1.807) is 30.3 Å². The van der Waals surface area contributed by atoms with Gasteiger partial charge in [-0.25, -0.2) is 4.79 Å². The lowest BCUT2D eigenvalue weighted by molar-refractivity contribution is -0.175. The van der Waals surface area contributed by atoms with Crippen LogP contribution in [0.4, 0.5) is 13.2 Å². The second-order valence-corrected chi connectivity index (χ2v) is 3.89. The minimum atomic E-state index is -5.08. The van der Waals surface area contributed by atoms with E-state index in [0.29, 0.717) is 0 Å². The van der Waals surface area contributed by atoms with E-state index in [9.17, 15) is 22.8 Å². The second kappa shape index (κ2) is 6.21. The van der Waals surface area contributed by atoms with Gasteiger partial charge in [0.15, 0.2) is 0 Å². The molecule has 1 aromatic carbocycles. The first kappa shape index (κ1) is 15.0. The van der Waals surface area contributed by atoms with Crippen molar-refractivity contribution in [2.75, 3.05) is 0 Å². The average molecular weight is 275 g/mol. The van der Waals surface area contributed by atoms with Crippen molar-refractivity contribution in [1.82, 2.24) is 5.32 Å². The third-order valence-electron chi connectivity index (χ3n) is 2.43. The zero-order valence-electron chi connectivity index (χ0n) is 9.78.